The average Bonchev–Trinajstić information content (AvgIpc) is 3.16. The second-order valence-corrected chi connectivity index (χ2v) is 14.7. The second kappa shape index (κ2) is 6.76. The molecule has 0 fully saturated rings. The van der Waals surface area contributed by atoms with Crippen molar-refractivity contribution >= 4 is 62.4 Å². The molecule has 0 saturated carbocycles. The molecule has 0 unspecified atom stereocenters. The molecule has 0 radical (unpaired) electrons. The third-order valence-electron chi connectivity index (χ3n) is 8.23. The smallest absolute Gasteiger partial charge is 0.224 e. The Kier molecular flexibility index (Phi) is 4.16. The molecule has 0 aliphatic rings. The highest BCUT2D eigenvalue weighted by Crippen LogP contribution is 2.40. The van der Waals surface area contributed by atoms with Crippen LogP contribution in [0.2, 0.25) is 18.1 Å². The number of benzene rings is 2. The molecule has 6 rings (SSSR count). The van der Waals surface area contributed by atoms with Gasteiger partial charge in [0.25, 0.3) is 0 Å². The summed E-state index contributed by atoms with van der Waals surface area (Å²) in [5.74, 6) is 0. The van der Waals surface area contributed by atoms with Crippen molar-refractivity contribution in [2.75, 3.05) is 0 Å². The summed E-state index contributed by atoms with van der Waals surface area (Å²) in [6, 6.07) is 20.1. The van der Waals surface area contributed by atoms with Gasteiger partial charge in [0, 0.05) is 23.0 Å². The van der Waals surface area contributed by atoms with E-state index < -0.39 is 8.07 Å². The number of pyridine rings is 3. The number of hydrogen-bond donors (Lipinski definition) is 0. The Bertz CT molecular complexity index is 1650. The fourth-order valence-electron chi connectivity index (χ4n) is 6.19. The van der Waals surface area contributed by atoms with Crippen LogP contribution in [0.15, 0.2) is 54.9 Å². The lowest BCUT2D eigenvalue weighted by Gasteiger charge is -2.29. The number of nitrogens with zero attached hydrogens (tertiary/aromatic N) is 3. The van der Waals surface area contributed by atoms with Crippen LogP contribution in [-0.4, -0.2) is 17.5 Å². The van der Waals surface area contributed by atoms with Crippen LogP contribution in [0.1, 0.15) is 26.3 Å². The van der Waals surface area contributed by atoms with Gasteiger partial charge in [-0.15, -0.1) is 0 Å². The largest absolute Gasteiger partial charge is 0.292 e. The van der Waals surface area contributed by atoms with Crippen molar-refractivity contribution in [3.63, 3.8) is 0 Å². The zero-order valence-electron chi connectivity index (χ0n) is 19.7. The number of fused-ring (bicyclic) bond motifs is 5. The number of hydrogen-bond acceptors (Lipinski definition) is 1. The first-order chi connectivity index (χ1) is 15.5. The highest BCUT2D eigenvalue weighted by molar-refractivity contribution is 6.92. The van der Waals surface area contributed by atoms with Crippen LogP contribution in [0, 0.1) is 6.92 Å². The molecule has 0 N–H and O–H groups in total. The van der Waals surface area contributed by atoms with Crippen molar-refractivity contribution in [2.45, 2.75) is 45.8 Å². The molecule has 0 aliphatic carbocycles. The molecule has 6 aromatic rings. The average molecular weight is 437 g/mol. The second-order valence-electron chi connectivity index (χ2n) is 9.44. The van der Waals surface area contributed by atoms with E-state index in [2.05, 4.69) is 92.4 Å². The molecule has 0 spiro atoms. The van der Waals surface area contributed by atoms with E-state index in [0.717, 1.165) is 5.65 Å². The number of aromatic nitrogens is 3. The van der Waals surface area contributed by atoms with E-state index in [-0.39, 0.29) is 0 Å². The van der Waals surface area contributed by atoms with Gasteiger partial charge in [-0.3, -0.25) is 4.40 Å². The van der Waals surface area contributed by atoms with E-state index in [1.807, 2.05) is 6.20 Å². The Hall–Kier alpha value is -2.98. The molecule has 0 bridgehead atoms. The molecular formula is C28H30N3Si+. The monoisotopic (exact) mass is 436 g/mol. The molecule has 4 aromatic heterocycles. The Morgan fingerprint density at radius 2 is 1.72 bits per heavy atom. The Morgan fingerprint density at radius 1 is 0.938 bits per heavy atom. The Labute approximate surface area is 189 Å². The molecule has 4 heterocycles. The van der Waals surface area contributed by atoms with Crippen LogP contribution >= 0.6 is 0 Å². The maximum Gasteiger partial charge on any atom is 0.224 e. The first-order valence-electron chi connectivity index (χ1n) is 11.9. The van der Waals surface area contributed by atoms with Crippen molar-refractivity contribution in [2.24, 2.45) is 7.05 Å². The fraction of sp³-hybridized carbons (Fsp3) is 0.286. The Balaban J connectivity index is 1.98. The molecule has 0 amide bonds. The van der Waals surface area contributed by atoms with Crippen molar-refractivity contribution in [3.8, 4) is 0 Å². The van der Waals surface area contributed by atoms with Crippen molar-refractivity contribution in [3.05, 3.63) is 60.4 Å². The summed E-state index contributed by atoms with van der Waals surface area (Å²) < 4.78 is 4.78. The molecule has 0 saturated heterocycles. The maximum atomic E-state index is 4.90. The van der Waals surface area contributed by atoms with Gasteiger partial charge in [0.15, 0.2) is 6.20 Å². The number of rotatable bonds is 4. The standard InChI is InChI=1S/C28H30N3Si/c1-6-32(7-2,8-3)20-16-19-13-15-30(5)27-24-18(4)11-12-21-22-10-9-14-29-28(22)31(26(21)24)23(17-20)25(19)27/h9-17H,6-8H2,1-5H3/q+1. The van der Waals surface area contributed by atoms with Crippen LogP contribution in [0.3, 0.4) is 0 Å². The van der Waals surface area contributed by atoms with Gasteiger partial charge in [0.05, 0.1) is 29.9 Å². The van der Waals surface area contributed by atoms with E-state index in [1.54, 1.807) is 5.19 Å². The maximum absolute atomic E-state index is 4.90. The first-order valence-corrected chi connectivity index (χ1v) is 14.5. The minimum atomic E-state index is -1.54. The van der Waals surface area contributed by atoms with E-state index in [9.17, 15) is 0 Å². The summed E-state index contributed by atoms with van der Waals surface area (Å²) in [6.07, 6.45) is 4.18. The quantitative estimate of drug-likeness (QED) is 0.139. The van der Waals surface area contributed by atoms with Gasteiger partial charge in [-0.1, -0.05) is 62.3 Å². The van der Waals surface area contributed by atoms with E-state index in [0.29, 0.717) is 0 Å². The summed E-state index contributed by atoms with van der Waals surface area (Å²) in [4.78, 5) is 4.90. The van der Waals surface area contributed by atoms with Crippen LogP contribution < -0.4 is 9.75 Å². The lowest BCUT2D eigenvalue weighted by Crippen LogP contribution is -2.45. The topological polar surface area (TPSA) is 21.2 Å². The molecule has 160 valence electrons. The molecule has 32 heavy (non-hydrogen) atoms. The molecular weight excluding hydrogens is 406 g/mol. The molecule has 0 atom stereocenters. The molecule has 4 heteroatoms. The van der Waals surface area contributed by atoms with Crippen LogP contribution in [0.5, 0.6) is 0 Å². The third kappa shape index (κ3) is 2.31. The number of aryl methyl sites for hydroxylation is 2. The van der Waals surface area contributed by atoms with Gasteiger partial charge in [0.2, 0.25) is 5.52 Å². The molecule has 2 aromatic carbocycles. The summed E-state index contributed by atoms with van der Waals surface area (Å²) in [5.41, 5.74) is 6.34. The van der Waals surface area contributed by atoms with Gasteiger partial charge >= 0.3 is 0 Å². The van der Waals surface area contributed by atoms with Gasteiger partial charge in [0.1, 0.15) is 12.7 Å². The molecule has 0 aliphatic heterocycles. The van der Waals surface area contributed by atoms with Crippen molar-refractivity contribution in [1.82, 2.24) is 9.38 Å². The SMILES string of the molecule is CC[Si](CC)(CC)c1cc2cc[n+](C)c3c4c(C)ccc5c6cccnc6n(c(c1)c23)c54. The zero-order valence-corrected chi connectivity index (χ0v) is 20.7. The van der Waals surface area contributed by atoms with Gasteiger partial charge < -0.3 is 0 Å². The summed E-state index contributed by atoms with van der Waals surface area (Å²) in [7, 11) is 0.646. The fourth-order valence-corrected chi connectivity index (χ4v) is 9.82. The van der Waals surface area contributed by atoms with Crippen LogP contribution in [-0.2, 0) is 7.05 Å². The minimum absolute atomic E-state index is 1.07. The molecule has 3 nitrogen and oxygen atoms in total. The van der Waals surface area contributed by atoms with Crippen molar-refractivity contribution in [1.29, 1.82) is 0 Å². The lowest BCUT2D eigenvalue weighted by atomic mass is 10.00. The van der Waals surface area contributed by atoms with Crippen LogP contribution in [0.4, 0.5) is 0 Å². The van der Waals surface area contributed by atoms with Gasteiger partial charge in [-0.25, -0.2) is 9.55 Å². The normalized spacial score (nSPS) is 12.9. The zero-order chi connectivity index (χ0) is 22.2. The van der Waals surface area contributed by atoms with E-state index >= 15 is 0 Å². The van der Waals surface area contributed by atoms with Gasteiger partial charge in [-0.2, -0.15) is 0 Å². The Morgan fingerprint density at radius 3 is 2.47 bits per heavy atom. The predicted octanol–water partition coefficient (Wildman–Crippen LogP) is 6.23. The first kappa shape index (κ1) is 19.7. The van der Waals surface area contributed by atoms with Gasteiger partial charge in [-0.05, 0) is 36.1 Å². The van der Waals surface area contributed by atoms with Crippen molar-refractivity contribution < 1.29 is 4.57 Å². The third-order valence-corrected chi connectivity index (χ3v) is 13.8. The minimum Gasteiger partial charge on any atom is -0.292 e. The highest BCUT2D eigenvalue weighted by atomic mass is 28.3. The lowest BCUT2D eigenvalue weighted by molar-refractivity contribution is -0.643. The van der Waals surface area contributed by atoms with Crippen LogP contribution in [0.25, 0.3) is 49.1 Å². The summed E-state index contributed by atoms with van der Waals surface area (Å²) >= 11 is 0. The summed E-state index contributed by atoms with van der Waals surface area (Å²) in [6.45, 7) is 9.43. The summed E-state index contributed by atoms with van der Waals surface area (Å²) in [5, 5.41) is 8.19. The van der Waals surface area contributed by atoms with E-state index in [1.165, 1.54) is 67.2 Å². The van der Waals surface area contributed by atoms with E-state index in [4.69, 9.17) is 4.98 Å². The predicted molar refractivity (Wildman–Crippen MR) is 139 cm³/mol. The highest BCUT2D eigenvalue weighted by Gasteiger charge is 2.31.